The number of nitrogens with one attached hydrogen (secondary N) is 2. The van der Waals surface area contributed by atoms with E-state index >= 15 is 0 Å². The number of hydrogen-bond donors (Lipinski definition) is 2. The molecule has 2 N–H and O–H groups in total. The summed E-state index contributed by atoms with van der Waals surface area (Å²) < 4.78 is 0. The Labute approximate surface area is 106 Å². The molecule has 1 heterocycles. The first kappa shape index (κ1) is 12.3. The van der Waals surface area contributed by atoms with Gasteiger partial charge in [-0.2, -0.15) is 5.10 Å². The van der Waals surface area contributed by atoms with E-state index in [0.717, 1.165) is 36.3 Å². The largest absolute Gasteiger partial charge is 0.329 e. The van der Waals surface area contributed by atoms with Crippen LogP contribution in [0.3, 0.4) is 0 Å². The first-order valence-electron chi connectivity index (χ1n) is 6.05. The molecule has 2 rings (SSSR count). The van der Waals surface area contributed by atoms with Crippen molar-refractivity contribution >= 4 is 12.1 Å². The molecule has 0 spiro atoms. The second-order valence-corrected chi connectivity index (χ2v) is 4.05. The molecule has 0 aliphatic rings. The summed E-state index contributed by atoms with van der Waals surface area (Å²) in [6.07, 6.45) is 3.83. The number of aryl methyl sites for hydroxylation is 1. The van der Waals surface area contributed by atoms with E-state index in [1.165, 1.54) is 0 Å². The summed E-state index contributed by atoms with van der Waals surface area (Å²) in [4.78, 5) is 14.7. The molecule has 0 aliphatic carbocycles. The predicted octanol–water partition coefficient (Wildman–Crippen LogP) is 2.38. The number of benzene rings is 1. The number of aromatic amines is 1. The lowest BCUT2D eigenvalue weighted by Crippen LogP contribution is -1.93. The second-order valence-electron chi connectivity index (χ2n) is 4.05. The topological polar surface area (TPSA) is 70.7 Å². The molecule has 0 saturated heterocycles. The van der Waals surface area contributed by atoms with E-state index in [1.807, 2.05) is 24.3 Å². The fourth-order valence-electron chi connectivity index (χ4n) is 1.66. The van der Waals surface area contributed by atoms with E-state index < -0.39 is 0 Å². The van der Waals surface area contributed by atoms with Crippen molar-refractivity contribution < 1.29 is 4.79 Å². The first-order chi connectivity index (χ1) is 8.83. The van der Waals surface area contributed by atoms with Crippen LogP contribution in [0.4, 0.5) is 5.69 Å². The number of rotatable bonds is 6. The van der Waals surface area contributed by atoms with Gasteiger partial charge in [0.25, 0.3) is 0 Å². The number of hydrogen-bond acceptors (Lipinski definition) is 3. The van der Waals surface area contributed by atoms with E-state index in [9.17, 15) is 4.79 Å². The third-order valence-electron chi connectivity index (χ3n) is 2.67. The normalized spacial score (nSPS) is 10.3. The zero-order chi connectivity index (χ0) is 12.8. The van der Waals surface area contributed by atoms with Gasteiger partial charge >= 0.3 is 0 Å². The van der Waals surface area contributed by atoms with Crippen molar-refractivity contribution in [2.24, 2.45) is 0 Å². The van der Waals surface area contributed by atoms with Crippen molar-refractivity contribution in [3.63, 3.8) is 0 Å². The molecule has 0 aliphatic heterocycles. The van der Waals surface area contributed by atoms with E-state index in [0.29, 0.717) is 12.2 Å². The smallest absolute Gasteiger partial charge is 0.211 e. The number of H-pyrrole nitrogens is 1. The molecule has 0 bridgehead atoms. The summed E-state index contributed by atoms with van der Waals surface area (Å²) in [5.41, 5.74) is 1.70. The Hall–Kier alpha value is -2.17. The van der Waals surface area contributed by atoms with E-state index in [4.69, 9.17) is 0 Å². The van der Waals surface area contributed by atoms with Gasteiger partial charge in [-0.1, -0.05) is 13.3 Å². The summed E-state index contributed by atoms with van der Waals surface area (Å²) >= 11 is 0. The van der Waals surface area contributed by atoms with E-state index in [-0.39, 0.29) is 0 Å². The lowest BCUT2D eigenvalue weighted by atomic mass is 10.2. The van der Waals surface area contributed by atoms with Crippen LogP contribution in [-0.4, -0.2) is 21.6 Å². The quantitative estimate of drug-likeness (QED) is 0.766. The highest BCUT2D eigenvalue weighted by Crippen LogP contribution is 2.17. The van der Waals surface area contributed by atoms with Crippen molar-refractivity contribution in [1.82, 2.24) is 15.2 Å². The summed E-state index contributed by atoms with van der Waals surface area (Å²) in [7, 11) is 0. The van der Waals surface area contributed by atoms with Crippen molar-refractivity contribution in [3.05, 3.63) is 30.1 Å². The zero-order valence-electron chi connectivity index (χ0n) is 10.3. The van der Waals surface area contributed by atoms with Crippen molar-refractivity contribution in [2.75, 3.05) is 5.32 Å². The molecule has 0 unspecified atom stereocenters. The number of amides is 1. The van der Waals surface area contributed by atoms with Crippen LogP contribution >= 0.6 is 0 Å². The SMILES string of the molecule is CCCCc1nc(-c2ccc(NC=O)cc2)n[nH]1. The first-order valence-corrected chi connectivity index (χ1v) is 6.05. The minimum Gasteiger partial charge on any atom is -0.329 e. The molecule has 5 nitrogen and oxygen atoms in total. The maximum Gasteiger partial charge on any atom is 0.211 e. The summed E-state index contributed by atoms with van der Waals surface area (Å²) in [6.45, 7) is 2.15. The number of aromatic nitrogens is 3. The standard InChI is InChI=1S/C13H16N4O/c1-2-3-4-12-15-13(17-16-12)10-5-7-11(8-6-10)14-9-18/h5-9H,2-4H2,1H3,(H,14,18)(H,15,16,17). The van der Waals surface area contributed by atoms with Gasteiger partial charge in [0.05, 0.1) is 0 Å². The minimum atomic E-state index is 0.657. The average molecular weight is 244 g/mol. The van der Waals surface area contributed by atoms with Crippen LogP contribution in [0.1, 0.15) is 25.6 Å². The number of anilines is 1. The molecule has 1 amide bonds. The molecule has 5 heteroatoms. The average Bonchev–Trinajstić information content (AvgIpc) is 2.86. The molecular formula is C13H16N4O. The van der Waals surface area contributed by atoms with Crippen LogP contribution in [0.5, 0.6) is 0 Å². The number of nitrogens with zero attached hydrogens (tertiary/aromatic N) is 2. The Kier molecular flexibility index (Phi) is 4.06. The Balaban J connectivity index is 2.10. The summed E-state index contributed by atoms with van der Waals surface area (Å²) in [5, 5.41) is 9.72. The van der Waals surface area contributed by atoms with E-state index in [2.05, 4.69) is 27.4 Å². The van der Waals surface area contributed by atoms with Crippen molar-refractivity contribution in [1.29, 1.82) is 0 Å². The Morgan fingerprint density at radius 3 is 2.78 bits per heavy atom. The molecule has 1 aromatic carbocycles. The molecule has 0 fully saturated rings. The van der Waals surface area contributed by atoms with Gasteiger partial charge in [0, 0.05) is 17.7 Å². The lowest BCUT2D eigenvalue weighted by Gasteiger charge is -1.99. The fraction of sp³-hybridized carbons (Fsp3) is 0.308. The van der Waals surface area contributed by atoms with Gasteiger partial charge in [-0.05, 0) is 30.7 Å². The van der Waals surface area contributed by atoms with Gasteiger partial charge in [-0.3, -0.25) is 9.89 Å². The summed E-state index contributed by atoms with van der Waals surface area (Å²) in [5.74, 6) is 1.61. The molecule has 94 valence electrons. The maximum atomic E-state index is 10.3. The second kappa shape index (κ2) is 5.95. The predicted molar refractivity (Wildman–Crippen MR) is 70.1 cm³/mol. The van der Waals surface area contributed by atoms with Crippen LogP contribution in [0.15, 0.2) is 24.3 Å². The third kappa shape index (κ3) is 2.94. The van der Waals surface area contributed by atoms with Gasteiger partial charge in [-0.25, -0.2) is 4.98 Å². The highest BCUT2D eigenvalue weighted by atomic mass is 16.1. The third-order valence-corrected chi connectivity index (χ3v) is 2.67. The zero-order valence-corrected chi connectivity index (χ0v) is 10.3. The molecule has 1 aromatic heterocycles. The maximum absolute atomic E-state index is 10.3. The molecule has 18 heavy (non-hydrogen) atoms. The fourth-order valence-corrected chi connectivity index (χ4v) is 1.66. The van der Waals surface area contributed by atoms with Gasteiger partial charge in [0.1, 0.15) is 5.82 Å². The van der Waals surface area contributed by atoms with Crippen LogP contribution in [0, 0.1) is 0 Å². The van der Waals surface area contributed by atoms with Crippen molar-refractivity contribution in [2.45, 2.75) is 26.2 Å². The Bertz CT molecular complexity index is 504. The molecule has 2 aromatic rings. The van der Waals surface area contributed by atoms with Gasteiger partial charge in [0.2, 0.25) is 6.41 Å². The molecule has 0 radical (unpaired) electrons. The molecular weight excluding hydrogens is 228 g/mol. The number of unbranched alkanes of at least 4 members (excludes halogenated alkanes) is 1. The monoisotopic (exact) mass is 244 g/mol. The Morgan fingerprint density at radius 2 is 2.11 bits per heavy atom. The number of carbonyl (C=O) groups excluding carboxylic acids is 1. The Morgan fingerprint density at radius 1 is 1.33 bits per heavy atom. The van der Waals surface area contributed by atoms with Crippen molar-refractivity contribution in [3.8, 4) is 11.4 Å². The van der Waals surface area contributed by atoms with Gasteiger partial charge in [0.15, 0.2) is 5.82 Å². The lowest BCUT2D eigenvalue weighted by molar-refractivity contribution is -0.105. The van der Waals surface area contributed by atoms with Crippen LogP contribution in [0.25, 0.3) is 11.4 Å². The molecule has 0 saturated carbocycles. The van der Waals surface area contributed by atoms with Gasteiger partial charge in [-0.15, -0.1) is 0 Å². The van der Waals surface area contributed by atoms with Crippen LogP contribution in [-0.2, 0) is 11.2 Å². The summed E-state index contributed by atoms with van der Waals surface area (Å²) in [6, 6.07) is 7.43. The highest BCUT2D eigenvalue weighted by molar-refractivity contribution is 5.72. The van der Waals surface area contributed by atoms with Gasteiger partial charge < -0.3 is 5.32 Å². The highest BCUT2D eigenvalue weighted by Gasteiger charge is 2.05. The van der Waals surface area contributed by atoms with Crippen LogP contribution in [0.2, 0.25) is 0 Å². The number of carbonyl (C=O) groups is 1. The van der Waals surface area contributed by atoms with E-state index in [1.54, 1.807) is 0 Å². The molecule has 0 atom stereocenters. The van der Waals surface area contributed by atoms with Crippen LogP contribution < -0.4 is 5.32 Å². The minimum absolute atomic E-state index is 0.657.